The third-order valence-corrected chi connectivity index (χ3v) is 5.62. The monoisotopic (exact) mass is 427 g/mol. The molecule has 0 spiro atoms. The van der Waals surface area contributed by atoms with E-state index in [2.05, 4.69) is 4.98 Å². The summed E-state index contributed by atoms with van der Waals surface area (Å²) in [5.74, 6) is 0.708. The fraction of sp³-hybridized carbons (Fsp3) is 0.208. The van der Waals surface area contributed by atoms with Crippen molar-refractivity contribution in [3.63, 3.8) is 0 Å². The highest BCUT2D eigenvalue weighted by Crippen LogP contribution is 2.24. The minimum absolute atomic E-state index is 0.146. The summed E-state index contributed by atoms with van der Waals surface area (Å²) in [6.45, 7) is 4.76. The number of fused-ring (bicyclic) bond motifs is 4. The Morgan fingerprint density at radius 2 is 1.78 bits per heavy atom. The van der Waals surface area contributed by atoms with E-state index in [0.717, 1.165) is 22.2 Å². The van der Waals surface area contributed by atoms with Gasteiger partial charge in [-0.3, -0.25) is 0 Å². The van der Waals surface area contributed by atoms with Crippen LogP contribution in [0.15, 0.2) is 58.4 Å². The first-order chi connectivity index (χ1) is 15.6. The molecule has 0 saturated carbocycles. The number of aromatic nitrogens is 5. The molecule has 3 aromatic heterocycles. The number of nitrogens with zero attached hydrogens (tertiary/aromatic N) is 5. The molecule has 0 amide bonds. The number of methoxy groups -OCH3 is 1. The molecule has 8 heteroatoms. The van der Waals surface area contributed by atoms with Crippen LogP contribution in [0.25, 0.3) is 33.2 Å². The van der Waals surface area contributed by atoms with Gasteiger partial charge in [0.2, 0.25) is 11.5 Å². The van der Waals surface area contributed by atoms with Crippen LogP contribution in [0.5, 0.6) is 0 Å². The molecule has 160 valence electrons. The van der Waals surface area contributed by atoms with Gasteiger partial charge in [-0.2, -0.15) is 0 Å². The van der Waals surface area contributed by atoms with Crippen molar-refractivity contribution in [3.05, 3.63) is 75.8 Å². The number of H-pyrrole nitrogens is 1. The first-order valence-corrected chi connectivity index (χ1v) is 10.4. The number of rotatable bonds is 5. The SMILES string of the molecule is COCCn1c(C)[nH+]c2c(c1=O)c1nc3ccccc3nc1n2/N=C/c1ccccc1C. The van der Waals surface area contributed by atoms with Crippen molar-refractivity contribution in [3.8, 4) is 0 Å². The highest BCUT2D eigenvalue weighted by molar-refractivity contribution is 6.03. The van der Waals surface area contributed by atoms with Gasteiger partial charge >= 0.3 is 5.56 Å². The molecule has 0 aliphatic rings. The molecule has 5 aromatic rings. The average molecular weight is 427 g/mol. The summed E-state index contributed by atoms with van der Waals surface area (Å²) in [6.07, 6.45) is 1.78. The van der Waals surface area contributed by atoms with E-state index < -0.39 is 0 Å². The maximum atomic E-state index is 13.5. The molecule has 0 unspecified atom stereocenters. The van der Waals surface area contributed by atoms with E-state index in [1.54, 1.807) is 22.6 Å². The molecule has 0 radical (unpaired) electrons. The average Bonchev–Trinajstić information content (AvgIpc) is 3.09. The van der Waals surface area contributed by atoms with Gasteiger partial charge in [0.1, 0.15) is 5.52 Å². The standard InChI is InChI=1S/C24H22N6O2/c1-15-8-4-5-9-17(15)14-25-30-22-20(24(31)29(12-13-32-3)16(2)26-22)21-23(30)28-19-11-7-6-10-18(19)27-21/h4-11,14H,12-13H2,1-3H3/p+1/b25-14+. The molecule has 32 heavy (non-hydrogen) atoms. The number of hydrogen-bond acceptors (Lipinski definition) is 5. The van der Waals surface area contributed by atoms with E-state index in [9.17, 15) is 4.79 Å². The first-order valence-electron chi connectivity index (χ1n) is 10.4. The number of aromatic amines is 1. The molecule has 8 nitrogen and oxygen atoms in total. The lowest BCUT2D eigenvalue weighted by Gasteiger charge is -2.04. The molecular formula is C24H23N6O2+. The van der Waals surface area contributed by atoms with Crippen molar-refractivity contribution >= 4 is 39.4 Å². The Bertz CT molecular complexity index is 1560. The number of aryl methyl sites for hydroxylation is 2. The van der Waals surface area contributed by atoms with E-state index in [4.69, 9.17) is 19.8 Å². The van der Waals surface area contributed by atoms with E-state index in [-0.39, 0.29) is 5.56 Å². The number of nitrogens with one attached hydrogen (secondary N) is 1. The van der Waals surface area contributed by atoms with Gasteiger partial charge in [-0.05, 0) is 30.2 Å². The van der Waals surface area contributed by atoms with Crippen LogP contribution >= 0.6 is 0 Å². The van der Waals surface area contributed by atoms with E-state index in [1.165, 1.54) is 0 Å². The molecule has 2 aromatic carbocycles. The van der Waals surface area contributed by atoms with Crippen molar-refractivity contribution in [2.24, 2.45) is 5.10 Å². The highest BCUT2D eigenvalue weighted by Gasteiger charge is 2.26. The van der Waals surface area contributed by atoms with E-state index in [0.29, 0.717) is 41.2 Å². The van der Waals surface area contributed by atoms with Crippen LogP contribution in [-0.2, 0) is 11.3 Å². The van der Waals surface area contributed by atoms with Crippen LogP contribution in [0.3, 0.4) is 0 Å². The van der Waals surface area contributed by atoms with Gasteiger partial charge in [0.15, 0.2) is 5.39 Å². The summed E-state index contributed by atoms with van der Waals surface area (Å²) in [6, 6.07) is 15.6. The molecular weight excluding hydrogens is 404 g/mol. The molecule has 0 atom stereocenters. The van der Waals surface area contributed by atoms with Crippen LogP contribution in [0.2, 0.25) is 0 Å². The summed E-state index contributed by atoms with van der Waals surface area (Å²) in [5, 5.41) is 5.18. The summed E-state index contributed by atoms with van der Waals surface area (Å²) in [4.78, 5) is 26.4. The fourth-order valence-corrected chi connectivity index (χ4v) is 3.89. The molecule has 5 rings (SSSR count). The van der Waals surface area contributed by atoms with Crippen LogP contribution in [0, 0.1) is 13.8 Å². The van der Waals surface area contributed by atoms with Crippen molar-refractivity contribution < 1.29 is 9.72 Å². The Hall–Kier alpha value is -3.91. The lowest BCUT2D eigenvalue weighted by Crippen LogP contribution is -2.32. The molecule has 3 heterocycles. The summed E-state index contributed by atoms with van der Waals surface area (Å²) in [7, 11) is 1.62. The predicted molar refractivity (Wildman–Crippen MR) is 124 cm³/mol. The third kappa shape index (κ3) is 3.25. The van der Waals surface area contributed by atoms with Crippen LogP contribution in [0.4, 0.5) is 0 Å². The predicted octanol–water partition coefficient (Wildman–Crippen LogP) is 2.86. The maximum Gasteiger partial charge on any atom is 0.323 e. The molecule has 0 bridgehead atoms. The zero-order valence-corrected chi connectivity index (χ0v) is 18.2. The molecule has 0 aliphatic carbocycles. The Morgan fingerprint density at radius 1 is 1.06 bits per heavy atom. The van der Waals surface area contributed by atoms with Crippen molar-refractivity contribution in [2.75, 3.05) is 13.7 Å². The van der Waals surface area contributed by atoms with Crippen molar-refractivity contribution in [1.29, 1.82) is 0 Å². The van der Waals surface area contributed by atoms with Gasteiger partial charge in [0.05, 0.1) is 30.4 Å². The summed E-state index contributed by atoms with van der Waals surface area (Å²) in [5.41, 5.74) is 5.03. The smallest absolute Gasteiger partial charge is 0.323 e. The summed E-state index contributed by atoms with van der Waals surface area (Å²) >= 11 is 0. The Balaban J connectivity index is 1.85. The minimum Gasteiger partial charge on any atom is -0.381 e. The second-order valence-corrected chi connectivity index (χ2v) is 7.68. The Kier molecular flexibility index (Phi) is 4.99. The number of hydrogen-bond donors (Lipinski definition) is 0. The van der Waals surface area contributed by atoms with Crippen LogP contribution in [0.1, 0.15) is 17.0 Å². The minimum atomic E-state index is -0.146. The largest absolute Gasteiger partial charge is 0.381 e. The number of benzene rings is 2. The zero-order chi connectivity index (χ0) is 22.2. The number of ether oxygens (including phenoxy) is 1. The highest BCUT2D eigenvalue weighted by atomic mass is 16.5. The Morgan fingerprint density at radius 3 is 2.53 bits per heavy atom. The summed E-state index contributed by atoms with van der Waals surface area (Å²) < 4.78 is 8.52. The van der Waals surface area contributed by atoms with E-state index >= 15 is 0 Å². The Labute approximate surface area is 183 Å². The van der Waals surface area contributed by atoms with Crippen molar-refractivity contribution in [2.45, 2.75) is 20.4 Å². The van der Waals surface area contributed by atoms with Crippen LogP contribution in [-0.4, -0.2) is 39.1 Å². The second-order valence-electron chi connectivity index (χ2n) is 7.68. The number of para-hydroxylation sites is 2. The van der Waals surface area contributed by atoms with E-state index in [1.807, 2.05) is 62.4 Å². The van der Waals surface area contributed by atoms with Gasteiger partial charge in [0, 0.05) is 14.0 Å². The zero-order valence-electron chi connectivity index (χ0n) is 18.2. The topological polar surface area (TPSA) is 88.4 Å². The van der Waals surface area contributed by atoms with Gasteiger partial charge < -0.3 is 4.74 Å². The maximum absolute atomic E-state index is 13.5. The normalized spacial score (nSPS) is 12.0. The molecule has 0 saturated heterocycles. The first kappa shape index (κ1) is 20.0. The quantitative estimate of drug-likeness (QED) is 0.404. The third-order valence-electron chi connectivity index (χ3n) is 5.62. The molecule has 0 aliphatic heterocycles. The molecule has 1 N–H and O–H groups in total. The van der Waals surface area contributed by atoms with Crippen molar-refractivity contribution in [1.82, 2.24) is 19.2 Å². The van der Waals surface area contributed by atoms with Crippen LogP contribution < -0.4 is 10.5 Å². The van der Waals surface area contributed by atoms with Gasteiger partial charge in [0.25, 0.3) is 5.65 Å². The lowest BCUT2D eigenvalue weighted by atomic mass is 10.1. The van der Waals surface area contributed by atoms with Gasteiger partial charge in [-0.25, -0.2) is 24.3 Å². The van der Waals surface area contributed by atoms with Gasteiger partial charge in [-0.1, -0.05) is 36.4 Å². The fourth-order valence-electron chi connectivity index (χ4n) is 3.89. The lowest BCUT2D eigenvalue weighted by molar-refractivity contribution is -0.368. The van der Waals surface area contributed by atoms with Gasteiger partial charge in [-0.15, -0.1) is 9.78 Å². The second kappa shape index (κ2) is 7.97. The molecule has 0 fully saturated rings.